The van der Waals surface area contributed by atoms with Crippen LogP contribution in [0.3, 0.4) is 0 Å². The Labute approximate surface area is 104 Å². The third-order valence-corrected chi connectivity index (χ3v) is 2.20. The number of hydrogen-bond donors (Lipinski definition) is 3. The Hall–Kier alpha value is -0.850. The van der Waals surface area contributed by atoms with Crippen LogP contribution in [0.4, 0.5) is 0 Å². The molecule has 0 bridgehead atoms. The van der Waals surface area contributed by atoms with Crippen LogP contribution in [-0.2, 0) is 9.47 Å². The van der Waals surface area contributed by atoms with E-state index in [-0.39, 0.29) is 6.04 Å². The van der Waals surface area contributed by atoms with Gasteiger partial charge in [0.15, 0.2) is 0 Å². The molecule has 0 spiro atoms. The zero-order valence-electron chi connectivity index (χ0n) is 11.2. The summed E-state index contributed by atoms with van der Waals surface area (Å²) in [5, 5.41) is 3.19. The van der Waals surface area contributed by atoms with Crippen molar-refractivity contribution in [3.8, 4) is 0 Å². The van der Waals surface area contributed by atoms with Crippen molar-refractivity contribution in [1.29, 1.82) is 0 Å². The number of guanidine groups is 1. The molecule has 0 heterocycles. The lowest BCUT2D eigenvalue weighted by molar-refractivity contribution is 0.146. The Morgan fingerprint density at radius 3 is 2.76 bits per heavy atom. The van der Waals surface area contributed by atoms with E-state index in [2.05, 4.69) is 22.7 Å². The lowest BCUT2D eigenvalue weighted by atomic mass is 10.2. The summed E-state index contributed by atoms with van der Waals surface area (Å²) in [5.74, 6) is 6.00. The molecule has 1 atom stereocenters. The number of hydrazine groups is 1. The predicted molar refractivity (Wildman–Crippen MR) is 69.8 cm³/mol. The standard InChI is InChI=1S/C11H26N4O2/c1-4-17-8-5-7-13-11(15-12)14-10(2)6-9-16-3/h10H,4-9,12H2,1-3H3,(H2,13,14,15). The summed E-state index contributed by atoms with van der Waals surface area (Å²) in [7, 11) is 1.69. The van der Waals surface area contributed by atoms with Gasteiger partial charge in [0, 0.05) is 39.5 Å². The Morgan fingerprint density at radius 1 is 1.41 bits per heavy atom. The van der Waals surface area contributed by atoms with E-state index in [0.717, 1.165) is 32.7 Å². The highest BCUT2D eigenvalue weighted by atomic mass is 16.5. The molecule has 102 valence electrons. The van der Waals surface area contributed by atoms with Gasteiger partial charge in [-0.1, -0.05) is 0 Å². The van der Waals surface area contributed by atoms with E-state index in [1.807, 2.05) is 6.92 Å². The van der Waals surface area contributed by atoms with Gasteiger partial charge in [-0.05, 0) is 26.7 Å². The van der Waals surface area contributed by atoms with Gasteiger partial charge >= 0.3 is 0 Å². The SMILES string of the molecule is CCOCCCN=C(NN)NC(C)CCOC. The minimum absolute atomic E-state index is 0.275. The summed E-state index contributed by atoms with van der Waals surface area (Å²) >= 11 is 0. The fraction of sp³-hybridized carbons (Fsp3) is 0.909. The summed E-state index contributed by atoms with van der Waals surface area (Å²) in [4.78, 5) is 4.31. The molecule has 0 radical (unpaired) electrons. The van der Waals surface area contributed by atoms with Gasteiger partial charge in [0.25, 0.3) is 0 Å². The molecule has 0 aliphatic heterocycles. The second kappa shape index (κ2) is 11.6. The van der Waals surface area contributed by atoms with Gasteiger partial charge in [-0.15, -0.1) is 0 Å². The Balaban J connectivity index is 3.75. The monoisotopic (exact) mass is 246 g/mol. The zero-order valence-corrected chi connectivity index (χ0v) is 11.2. The van der Waals surface area contributed by atoms with Gasteiger partial charge in [0.2, 0.25) is 5.96 Å². The average molecular weight is 246 g/mol. The number of aliphatic imine (C=N–C) groups is 1. The molecule has 6 heteroatoms. The highest BCUT2D eigenvalue weighted by molar-refractivity contribution is 5.79. The fourth-order valence-corrected chi connectivity index (χ4v) is 1.23. The minimum atomic E-state index is 0.275. The maximum absolute atomic E-state index is 5.38. The predicted octanol–water partition coefficient (Wildman–Crippen LogP) is 0.247. The van der Waals surface area contributed by atoms with Crippen molar-refractivity contribution in [3.63, 3.8) is 0 Å². The van der Waals surface area contributed by atoms with Gasteiger partial charge in [0.05, 0.1) is 0 Å². The van der Waals surface area contributed by atoms with E-state index in [1.165, 1.54) is 0 Å². The lowest BCUT2D eigenvalue weighted by Crippen LogP contribution is -2.45. The molecule has 0 rings (SSSR count). The van der Waals surface area contributed by atoms with Crippen LogP contribution in [0.25, 0.3) is 0 Å². The van der Waals surface area contributed by atoms with Crippen molar-refractivity contribution < 1.29 is 9.47 Å². The molecule has 0 saturated heterocycles. The topological polar surface area (TPSA) is 80.9 Å². The number of nitrogens with zero attached hydrogens (tertiary/aromatic N) is 1. The molecule has 0 aromatic heterocycles. The van der Waals surface area contributed by atoms with E-state index in [4.69, 9.17) is 15.3 Å². The first kappa shape index (κ1) is 16.1. The number of ether oxygens (including phenoxy) is 2. The van der Waals surface area contributed by atoms with Crippen LogP contribution >= 0.6 is 0 Å². The average Bonchev–Trinajstić information content (AvgIpc) is 2.34. The molecule has 1 unspecified atom stereocenters. The van der Waals surface area contributed by atoms with Gasteiger partial charge in [-0.3, -0.25) is 10.4 Å². The molecule has 0 aromatic carbocycles. The van der Waals surface area contributed by atoms with E-state index < -0.39 is 0 Å². The molecule has 17 heavy (non-hydrogen) atoms. The molecular weight excluding hydrogens is 220 g/mol. The largest absolute Gasteiger partial charge is 0.385 e. The summed E-state index contributed by atoms with van der Waals surface area (Å²) in [5.41, 5.74) is 2.56. The highest BCUT2D eigenvalue weighted by Gasteiger charge is 2.03. The Kier molecular flexibility index (Phi) is 11.0. The molecule has 4 N–H and O–H groups in total. The maximum atomic E-state index is 5.38. The molecule has 0 aliphatic carbocycles. The van der Waals surface area contributed by atoms with Crippen LogP contribution < -0.4 is 16.6 Å². The fourth-order valence-electron chi connectivity index (χ4n) is 1.23. The van der Waals surface area contributed by atoms with E-state index in [9.17, 15) is 0 Å². The molecule has 0 aromatic rings. The zero-order chi connectivity index (χ0) is 12.9. The van der Waals surface area contributed by atoms with Crippen LogP contribution in [0.1, 0.15) is 26.7 Å². The molecule has 0 aliphatic rings. The molecule has 0 amide bonds. The first-order valence-corrected chi connectivity index (χ1v) is 6.08. The number of hydrogen-bond acceptors (Lipinski definition) is 4. The second-order valence-electron chi connectivity index (χ2n) is 3.75. The second-order valence-corrected chi connectivity index (χ2v) is 3.75. The van der Waals surface area contributed by atoms with Crippen LogP contribution in [0.5, 0.6) is 0 Å². The van der Waals surface area contributed by atoms with Crippen LogP contribution in [-0.4, -0.2) is 45.5 Å². The first-order valence-electron chi connectivity index (χ1n) is 6.08. The smallest absolute Gasteiger partial charge is 0.205 e. The number of methoxy groups -OCH3 is 1. The number of nitrogens with two attached hydrogens (primary N) is 1. The lowest BCUT2D eigenvalue weighted by Gasteiger charge is -2.16. The van der Waals surface area contributed by atoms with Gasteiger partial charge in [-0.2, -0.15) is 0 Å². The van der Waals surface area contributed by atoms with Crippen LogP contribution in [0.2, 0.25) is 0 Å². The quantitative estimate of drug-likeness (QED) is 0.179. The Morgan fingerprint density at radius 2 is 2.18 bits per heavy atom. The maximum Gasteiger partial charge on any atom is 0.205 e. The van der Waals surface area contributed by atoms with E-state index in [0.29, 0.717) is 12.5 Å². The number of rotatable bonds is 9. The van der Waals surface area contributed by atoms with Crippen LogP contribution in [0, 0.1) is 0 Å². The summed E-state index contributed by atoms with van der Waals surface area (Å²) < 4.78 is 10.2. The molecule has 0 saturated carbocycles. The van der Waals surface area contributed by atoms with Crippen molar-refractivity contribution in [2.75, 3.05) is 33.5 Å². The Bertz CT molecular complexity index is 200. The molecular formula is C11H26N4O2. The van der Waals surface area contributed by atoms with Crippen molar-refractivity contribution in [3.05, 3.63) is 0 Å². The van der Waals surface area contributed by atoms with E-state index in [1.54, 1.807) is 7.11 Å². The molecule has 6 nitrogen and oxygen atoms in total. The van der Waals surface area contributed by atoms with Crippen molar-refractivity contribution in [2.24, 2.45) is 10.8 Å². The highest BCUT2D eigenvalue weighted by Crippen LogP contribution is 1.91. The summed E-state index contributed by atoms with van der Waals surface area (Å²) in [6.07, 6.45) is 1.81. The minimum Gasteiger partial charge on any atom is -0.385 e. The van der Waals surface area contributed by atoms with Gasteiger partial charge < -0.3 is 14.8 Å². The van der Waals surface area contributed by atoms with Crippen molar-refractivity contribution in [2.45, 2.75) is 32.7 Å². The van der Waals surface area contributed by atoms with Crippen LogP contribution in [0.15, 0.2) is 4.99 Å². The summed E-state index contributed by atoms with van der Waals surface area (Å²) in [6.45, 7) is 6.94. The van der Waals surface area contributed by atoms with Gasteiger partial charge in [0.1, 0.15) is 0 Å². The van der Waals surface area contributed by atoms with Crippen molar-refractivity contribution in [1.82, 2.24) is 10.7 Å². The van der Waals surface area contributed by atoms with E-state index >= 15 is 0 Å². The van der Waals surface area contributed by atoms with Gasteiger partial charge in [-0.25, -0.2) is 5.84 Å². The first-order chi connectivity index (χ1) is 8.24. The summed E-state index contributed by atoms with van der Waals surface area (Å²) in [6, 6.07) is 0.275. The number of nitrogens with one attached hydrogen (secondary N) is 2. The van der Waals surface area contributed by atoms with Crippen molar-refractivity contribution >= 4 is 5.96 Å². The third kappa shape index (κ3) is 10.0. The third-order valence-electron chi connectivity index (χ3n) is 2.20. The normalized spacial score (nSPS) is 13.5. The molecule has 0 fully saturated rings.